The fraction of sp³-hybridized carbons (Fsp3) is 0.824. The molecule has 1 fully saturated rings. The summed E-state index contributed by atoms with van der Waals surface area (Å²) in [5.41, 5.74) is 2.78. The first-order valence-corrected chi connectivity index (χ1v) is 8.23. The smallest absolute Gasteiger partial charge is 0.114 e. The van der Waals surface area contributed by atoms with Gasteiger partial charge in [0, 0.05) is 43.3 Å². The van der Waals surface area contributed by atoms with Crippen LogP contribution in [0.1, 0.15) is 70.7 Å². The Bertz CT molecular complexity index is 525. The van der Waals surface area contributed by atoms with Gasteiger partial charge in [-0.2, -0.15) is 0 Å². The highest BCUT2D eigenvalue weighted by Crippen LogP contribution is 2.37. The molecule has 0 bridgehead atoms. The van der Waals surface area contributed by atoms with Crippen LogP contribution in [0.3, 0.4) is 0 Å². The summed E-state index contributed by atoms with van der Waals surface area (Å²) in [4.78, 5) is 5.00. The maximum Gasteiger partial charge on any atom is 0.114 e. The number of hydrogen-bond acceptors (Lipinski definition) is 3. The molecule has 1 unspecified atom stereocenters. The molecule has 4 heteroatoms. The molecule has 2 aliphatic heterocycles. The van der Waals surface area contributed by atoms with E-state index < -0.39 is 0 Å². The minimum Gasteiger partial charge on any atom is -0.375 e. The highest BCUT2D eigenvalue weighted by atomic mass is 16.5. The summed E-state index contributed by atoms with van der Waals surface area (Å²) < 4.78 is 8.49. The van der Waals surface area contributed by atoms with Gasteiger partial charge in [-0.15, -0.1) is 0 Å². The summed E-state index contributed by atoms with van der Waals surface area (Å²) in [6.45, 7) is 14.1. The van der Waals surface area contributed by atoms with Crippen LogP contribution in [0.25, 0.3) is 0 Å². The van der Waals surface area contributed by atoms with Crippen molar-refractivity contribution in [3.8, 4) is 0 Å². The SMILES string of the molecule is CC1(C)CC(n2c(C(C)(C)C)nc3c2CCNC3)CCO1. The van der Waals surface area contributed by atoms with Crippen molar-refractivity contribution in [2.75, 3.05) is 13.2 Å². The fourth-order valence-electron chi connectivity index (χ4n) is 3.68. The Hall–Kier alpha value is -0.870. The maximum absolute atomic E-state index is 5.92. The van der Waals surface area contributed by atoms with E-state index in [2.05, 4.69) is 44.5 Å². The predicted octanol–water partition coefficient (Wildman–Crippen LogP) is 2.96. The number of hydrogen-bond donors (Lipinski definition) is 1. The van der Waals surface area contributed by atoms with Gasteiger partial charge in [-0.3, -0.25) is 0 Å². The lowest BCUT2D eigenvalue weighted by Gasteiger charge is -2.38. The lowest BCUT2D eigenvalue weighted by atomic mass is 9.90. The Balaban J connectivity index is 2.05. The summed E-state index contributed by atoms with van der Waals surface area (Å²) in [5.74, 6) is 1.25. The number of aromatic nitrogens is 2. The fourth-order valence-corrected chi connectivity index (χ4v) is 3.68. The number of nitrogens with one attached hydrogen (secondary N) is 1. The molecule has 4 nitrogen and oxygen atoms in total. The van der Waals surface area contributed by atoms with E-state index in [1.807, 2.05) is 0 Å². The van der Waals surface area contributed by atoms with E-state index >= 15 is 0 Å². The van der Waals surface area contributed by atoms with E-state index in [1.165, 1.54) is 17.2 Å². The third-order valence-electron chi connectivity index (χ3n) is 4.63. The number of fused-ring (bicyclic) bond motifs is 1. The van der Waals surface area contributed by atoms with E-state index in [4.69, 9.17) is 9.72 Å². The summed E-state index contributed by atoms with van der Waals surface area (Å²) in [6, 6.07) is 0.525. The molecule has 1 aromatic heterocycles. The molecule has 1 saturated heterocycles. The Morgan fingerprint density at radius 2 is 2.10 bits per heavy atom. The van der Waals surface area contributed by atoms with Crippen molar-refractivity contribution in [2.45, 2.75) is 77.5 Å². The third-order valence-corrected chi connectivity index (χ3v) is 4.63. The van der Waals surface area contributed by atoms with Gasteiger partial charge in [-0.1, -0.05) is 20.8 Å². The molecule has 0 radical (unpaired) electrons. The van der Waals surface area contributed by atoms with E-state index in [1.54, 1.807) is 0 Å². The van der Waals surface area contributed by atoms with Crippen molar-refractivity contribution >= 4 is 0 Å². The Morgan fingerprint density at radius 3 is 2.76 bits per heavy atom. The van der Waals surface area contributed by atoms with Crippen LogP contribution in [-0.4, -0.2) is 28.3 Å². The molecule has 0 aromatic carbocycles. The highest BCUT2D eigenvalue weighted by molar-refractivity contribution is 5.25. The van der Waals surface area contributed by atoms with Gasteiger partial charge in [-0.05, 0) is 26.7 Å². The molecule has 21 heavy (non-hydrogen) atoms. The first-order valence-electron chi connectivity index (χ1n) is 8.23. The molecule has 1 N–H and O–H groups in total. The predicted molar refractivity (Wildman–Crippen MR) is 84.6 cm³/mol. The van der Waals surface area contributed by atoms with Crippen LogP contribution in [0.5, 0.6) is 0 Å². The zero-order valence-electron chi connectivity index (χ0n) is 14.1. The normalized spacial score (nSPS) is 25.7. The van der Waals surface area contributed by atoms with Crippen molar-refractivity contribution in [1.29, 1.82) is 0 Å². The second-order valence-electron chi connectivity index (χ2n) is 8.13. The summed E-state index contributed by atoms with van der Waals surface area (Å²) in [5, 5.41) is 3.45. The second kappa shape index (κ2) is 5.10. The van der Waals surface area contributed by atoms with E-state index in [-0.39, 0.29) is 11.0 Å². The van der Waals surface area contributed by atoms with Gasteiger partial charge in [-0.25, -0.2) is 4.98 Å². The average molecular weight is 291 g/mol. The van der Waals surface area contributed by atoms with Gasteiger partial charge in [0.05, 0.1) is 11.3 Å². The van der Waals surface area contributed by atoms with Crippen LogP contribution in [-0.2, 0) is 23.1 Å². The molecule has 1 atom stereocenters. The van der Waals surface area contributed by atoms with Crippen LogP contribution >= 0.6 is 0 Å². The molecule has 118 valence electrons. The van der Waals surface area contributed by atoms with Crippen LogP contribution in [0.4, 0.5) is 0 Å². The Labute approximate surface area is 128 Å². The van der Waals surface area contributed by atoms with Gasteiger partial charge in [0.15, 0.2) is 0 Å². The topological polar surface area (TPSA) is 39.1 Å². The Kier molecular flexibility index (Phi) is 3.65. The molecule has 0 amide bonds. The molecular weight excluding hydrogens is 262 g/mol. The van der Waals surface area contributed by atoms with Gasteiger partial charge in [0.2, 0.25) is 0 Å². The van der Waals surface area contributed by atoms with E-state index in [0.717, 1.165) is 39.0 Å². The zero-order chi connectivity index (χ0) is 15.3. The molecule has 2 aliphatic rings. The molecule has 0 aliphatic carbocycles. The van der Waals surface area contributed by atoms with Crippen molar-refractivity contribution < 1.29 is 4.74 Å². The van der Waals surface area contributed by atoms with E-state index in [0.29, 0.717) is 6.04 Å². The summed E-state index contributed by atoms with van der Waals surface area (Å²) in [6.07, 6.45) is 3.27. The van der Waals surface area contributed by atoms with Gasteiger partial charge < -0.3 is 14.6 Å². The molecule has 3 rings (SSSR count). The number of nitrogens with zero attached hydrogens (tertiary/aromatic N) is 2. The molecular formula is C17H29N3O. The standard InChI is InChI=1S/C17H29N3O/c1-16(2,3)15-19-13-11-18-8-6-14(13)20(15)12-7-9-21-17(4,5)10-12/h12,18H,6-11H2,1-5H3. The lowest BCUT2D eigenvalue weighted by molar-refractivity contribution is -0.0700. The number of imidazole rings is 1. The van der Waals surface area contributed by atoms with Crippen molar-refractivity contribution in [1.82, 2.24) is 14.9 Å². The highest BCUT2D eigenvalue weighted by Gasteiger charge is 2.35. The van der Waals surface area contributed by atoms with Crippen LogP contribution in [0.15, 0.2) is 0 Å². The molecule has 0 spiro atoms. The minimum atomic E-state index is -0.0257. The van der Waals surface area contributed by atoms with Gasteiger partial charge >= 0.3 is 0 Å². The molecule has 1 aromatic rings. The average Bonchev–Trinajstić information content (AvgIpc) is 2.76. The van der Waals surface area contributed by atoms with Crippen LogP contribution in [0, 0.1) is 0 Å². The summed E-state index contributed by atoms with van der Waals surface area (Å²) >= 11 is 0. The molecule has 0 saturated carbocycles. The third kappa shape index (κ3) is 2.88. The second-order valence-corrected chi connectivity index (χ2v) is 8.13. The maximum atomic E-state index is 5.92. The van der Waals surface area contributed by atoms with Crippen molar-refractivity contribution in [3.63, 3.8) is 0 Å². The van der Waals surface area contributed by atoms with Crippen LogP contribution < -0.4 is 5.32 Å². The van der Waals surface area contributed by atoms with Crippen molar-refractivity contribution in [3.05, 3.63) is 17.2 Å². The van der Waals surface area contributed by atoms with Crippen LogP contribution in [0.2, 0.25) is 0 Å². The monoisotopic (exact) mass is 291 g/mol. The van der Waals surface area contributed by atoms with Gasteiger partial charge in [0.25, 0.3) is 0 Å². The summed E-state index contributed by atoms with van der Waals surface area (Å²) in [7, 11) is 0. The molecule has 3 heterocycles. The Morgan fingerprint density at radius 1 is 1.33 bits per heavy atom. The first-order chi connectivity index (χ1) is 9.78. The largest absolute Gasteiger partial charge is 0.375 e. The first kappa shape index (κ1) is 15.0. The van der Waals surface area contributed by atoms with Gasteiger partial charge in [0.1, 0.15) is 5.82 Å². The minimum absolute atomic E-state index is 0.0257. The zero-order valence-corrected chi connectivity index (χ0v) is 14.1. The quantitative estimate of drug-likeness (QED) is 0.864. The van der Waals surface area contributed by atoms with E-state index in [9.17, 15) is 0 Å². The lowest BCUT2D eigenvalue weighted by Crippen LogP contribution is -2.37. The number of rotatable bonds is 1. The van der Waals surface area contributed by atoms with Crippen molar-refractivity contribution in [2.24, 2.45) is 0 Å². The number of ether oxygens (including phenoxy) is 1.